The van der Waals surface area contributed by atoms with Crippen LogP contribution in [-0.4, -0.2) is 43.0 Å². The average Bonchev–Trinajstić information content (AvgIpc) is 2.43. The van der Waals surface area contributed by atoms with Crippen LogP contribution in [0.2, 0.25) is 0 Å². The Morgan fingerprint density at radius 1 is 1.25 bits per heavy atom. The molecule has 0 aliphatic carbocycles. The third kappa shape index (κ3) is 3.47. The van der Waals surface area contributed by atoms with E-state index in [0.717, 1.165) is 37.2 Å². The SMILES string of the molecule is CCC1CN(CC(=O)c2cc(C)c(C)cc2C)CCO1. The maximum absolute atomic E-state index is 12.5. The summed E-state index contributed by atoms with van der Waals surface area (Å²) in [7, 11) is 0. The highest BCUT2D eigenvalue weighted by Crippen LogP contribution is 2.17. The van der Waals surface area contributed by atoms with Crippen LogP contribution in [0.1, 0.15) is 40.4 Å². The molecule has 3 heteroatoms. The van der Waals surface area contributed by atoms with Gasteiger partial charge >= 0.3 is 0 Å². The van der Waals surface area contributed by atoms with Crippen LogP contribution < -0.4 is 0 Å². The summed E-state index contributed by atoms with van der Waals surface area (Å²) in [6.07, 6.45) is 1.28. The van der Waals surface area contributed by atoms with Gasteiger partial charge in [-0.3, -0.25) is 9.69 Å². The van der Waals surface area contributed by atoms with Crippen molar-refractivity contribution < 1.29 is 9.53 Å². The summed E-state index contributed by atoms with van der Waals surface area (Å²) >= 11 is 0. The van der Waals surface area contributed by atoms with Crippen molar-refractivity contribution in [3.05, 3.63) is 34.4 Å². The number of morpholine rings is 1. The molecule has 0 aromatic heterocycles. The normalized spacial score (nSPS) is 20.1. The Morgan fingerprint density at radius 2 is 1.95 bits per heavy atom. The fourth-order valence-electron chi connectivity index (χ4n) is 2.72. The molecule has 0 bridgehead atoms. The molecule has 1 aromatic rings. The van der Waals surface area contributed by atoms with Crippen LogP contribution in [-0.2, 0) is 4.74 Å². The number of benzene rings is 1. The average molecular weight is 275 g/mol. The van der Waals surface area contributed by atoms with Gasteiger partial charge in [0, 0.05) is 18.7 Å². The van der Waals surface area contributed by atoms with Gasteiger partial charge in [-0.25, -0.2) is 0 Å². The molecular weight excluding hydrogens is 250 g/mol. The van der Waals surface area contributed by atoms with Crippen LogP contribution in [0, 0.1) is 20.8 Å². The van der Waals surface area contributed by atoms with Crippen molar-refractivity contribution in [1.29, 1.82) is 0 Å². The number of hydrogen-bond donors (Lipinski definition) is 0. The lowest BCUT2D eigenvalue weighted by Gasteiger charge is -2.32. The van der Waals surface area contributed by atoms with E-state index in [-0.39, 0.29) is 11.9 Å². The highest BCUT2D eigenvalue weighted by atomic mass is 16.5. The number of aryl methyl sites for hydroxylation is 3. The summed E-state index contributed by atoms with van der Waals surface area (Å²) in [6.45, 7) is 11.3. The first kappa shape index (κ1) is 15.2. The second-order valence-electron chi connectivity index (χ2n) is 5.81. The van der Waals surface area contributed by atoms with Crippen molar-refractivity contribution in [2.75, 3.05) is 26.2 Å². The van der Waals surface area contributed by atoms with E-state index in [4.69, 9.17) is 4.74 Å². The topological polar surface area (TPSA) is 29.5 Å². The van der Waals surface area contributed by atoms with Crippen molar-refractivity contribution in [2.24, 2.45) is 0 Å². The lowest BCUT2D eigenvalue weighted by molar-refractivity contribution is -0.0271. The van der Waals surface area contributed by atoms with E-state index in [2.05, 4.69) is 31.7 Å². The lowest BCUT2D eigenvalue weighted by Crippen LogP contribution is -2.44. The summed E-state index contributed by atoms with van der Waals surface area (Å²) in [6, 6.07) is 4.14. The van der Waals surface area contributed by atoms with Crippen molar-refractivity contribution in [1.82, 2.24) is 4.90 Å². The Bertz CT molecular complexity index is 496. The molecule has 3 nitrogen and oxygen atoms in total. The standard InChI is InChI=1S/C17H25NO2/c1-5-15-10-18(6-7-20-15)11-17(19)16-9-13(3)12(2)8-14(16)4/h8-9,15H,5-7,10-11H2,1-4H3. The van der Waals surface area contributed by atoms with Crippen molar-refractivity contribution in [3.8, 4) is 0 Å². The molecule has 110 valence electrons. The first-order valence-corrected chi connectivity index (χ1v) is 7.46. The fraction of sp³-hybridized carbons (Fsp3) is 0.588. The van der Waals surface area contributed by atoms with Gasteiger partial charge in [0.05, 0.1) is 19.3 Å². The maximum Gasteiger partial charge on any atom is 0.177 e. The highest BCUT2D eigenvalue weighted by Gasteiger charge is 2.22. The Balaban J connectivity index is 2.06. The van der Waals surface area contributed by atoms with Crippen molar-refractivity contribution in [3.63, 3.8) is 0 Å². The second-order valence-corrected chi connectivity index (χ2v) is 5.81. The van der Waals surface area contributed by atoms with Gasteiger partial charge in [-0.05, 0) is 49.9 Å². The van der Waals surface area contributed by atoms with Gasteiger partial charge in [0.15, 0.2) is 5.78 Å². The second kappa shape index (κ2) is 6.51. The van der Waals surface area contributed by atoms with Gasteiger partial charge in [0.1, 0.15) is 0 Å². The molecular formula is C17H25NO2. The molecule has 1 aliphatic rings. The molecule has 0 spiro atoms. The fourth-order valence-corrected chi connectivity index (χ4v) is 2.72. The van der Waals surface area contributed by atoms with E-state index in [1.165, 1.54) is 11.1 Å². The zero-order valence-corrected chi connectivity index (χ0v) is 13.0. The van der Waals surface area contributed by atoms with Crippen LogP contribution in [0.5, 0.6) is 0 Å². The van der Waals surface area contributed by atoms with Crippen LogP contribution in [0.4, 0.5) is 0 Å². The summed E-state index contributed by atoms with van der Waals surface area (Å²) in [5, 5.41) is 0. The number of Topliss-reactive ketones (excluding diaryl/α,β-unsaturated/α-hetero) is 1. The van der Waals surface area contributed by atoms with Gasteiger partial charge in [0.2, 0.25) is 0 Å². The van der Waals surface area contributed by atoms with Crippen molar-refractivity contribution in [2.45, 2.75) is 40.2 Å². The van der Waals surface area contributed by atoms with Gasteiger partial charge in [-0.15, -0.1) is 0 Å². The molecule has 0 amide bonds. The Labute approximate surface area is 121 Å². The summed E-state index contributed by atoms with van der Waals surface area (Å²) < 4.78 is 5.65. The Hall–Kier alpha value is -1.19. The zero-order valence-electron chi connectivity index (χ0n) is 13.0. The Kier molecular flexibility index (Phi) is 4.95. The molecule has 1 aromatic carbocycles. The molecule has 0 N–H and O–H groups in total. The molecule has 20 heavy (non-hydrogen) atoms. The maximum atomic E-state index is 12.5. The predicted octanol–water partition coefficient (Wildman–Crippen LogP) is 2.91. The van der Waals surface area contributed by atoms with Gasteiger partial charge in [0.25, 0.3) is 0 Å². The number of rotatable bonds is 4. The number of ether oxygens (including phenoxy) is 1. The molecule has 1 heterocycles. The zero-order chi connectivity index (χ0) is 14.7. The molecule has 1 aliphatic heterocycles. The summed E-state index contributed by atoms with van der Waals surface area (Å²) in [5.41, 5.74) is 4.38. The molecule has 0 radical (unpaired) electrons. The number of hydrogen-bond acceptors (Lipinski definition) is 3. The molecule has 1 fully saturated rings. The van der Waals surface area contributed by atoms with Crippen LogP contribution in [0.15, 0.2) is 12.1 Å². The van der Waals surface area contributed by atoms with Crippen LogP contribution in [0.3, 0.4) is 0 Å². The first-order valence-electron chi connectivity index (χ1n) is 7.46. The molecule has 1 unspecified atom stereocenters. The van der Waals surface area contributed by atoms with Gasteiger partial charge in [-0.2, -0.15) is 0 Å². The molecule has 2 rings (SSSR count). The van der Waals surface area contributed by atoms with Gasteiger partial charge < -0.3 is 4.74 Å². The largest absolute Gasteiger partial charge is 0.376 e. The van der Waals surface area contributed by atoms with Crippen LogP contribution in [0.25, 0.3) is 0 Å². The van der Waals surface area contributed by atoms with Gasteiger partial charge in [-0.1, -0.05) is 13.0 Å². The predicted molar refractivity (Wildman–Crippen MR) is 81.5 cm³/mol. The number of carbonyl (C=O) groups is 1. The Morgan fingerprint density at radius 3 is 2.65 bits per heavy atom. The minimum absolute atomic E-state index is 0.224. The third-order valence-electron chi connectivity index (χ3n) is 4.19. The van der Waals surface area contributed by atoms with E-state index in [9.17, 15) is 4.79 Å². The lowest BCUT2D eigenvalue weighted by atomic mass is 9.98. The smallest absolute Gasteiger partial charge is 0.177 e. The van der Waals surface area contributed by atoms with Crippen LogP contribution >= 0.6 is 0 Å². The monoisotopic (exact) mass is 275 g/mol. The van der Waals surface area contributed by atoms with Crippen molar-refractivity contribution >= 4 is 5.78 Å². The first-order chi connectivity index (χ1) is 9.51. The highest BCUT2D eigenvalue weighted by molar-refractivity contribution is 5.99. The minimum Gasteiger partial charge on any atom is -0.376 e. The minimum atomic E-state index is 0.224. The number of ketones is 1. The molecule has 0 saturated carbocycles. The third-order valence-corrected chi connectivity index (χ3v) is 4.19. The van der Waals surface area contributed by atoms with E-state index in [1.807, 2.05) is 13.0 Å². The van der Waals surface area contributed by atoms with E-state index in [0.29, 0.717) is 6.54 Å². The van der Waals surface area contributed by atoms with E-state index < -0.39 is 0 Å². The summed E-state index contributed by atoms with van der Waals surface area (Å²) in [5.74, 6) is 0.224. The van der Waals surface area contributed by atoms with E-state index >= 15 is 0 Å². The number of nitrogens with zero attached hydrogens (tertiary/aromatic N) is 1. The molecule has 1 atom stereocenters. The summed E-state index contributed by atoms with van der Waals surface area (Å²) in [4.78, 5) is 14.7. The quantitative estimate of drug-likeness (QED) is 0.791. The van der Waals surface area contributed by atoms with E-state index in [1.54, 1.807) is 0 Å². The molecule has 1 saturated heterocycles. The number of carbonyl (C=O) groups excluding carboxylic acids is 1.